The minimum Gasteiger partial charge on any atom is -0.506 e. The van der Waals surface area contributed by atoms with Crippen molar-refractivity contribution in [3.8, 4) is 34.3 Å². The second-order valence-electron chi connectivity index (χ2n) is 8.45. The van der Waals surface area contributed by atoms with Gasteiger partial charge >= 0.3 is 0 Å². The minimum atomic E-state index is -0.612. The van der Waals surface area contributed by atoms with Crippen LogP contribution in [0.25, 0.3) is 11.1 Å². The van der Waals surface area contributed by atoms with Crippen molar-refractivity contribution in [2.45, 2.75) is 25.9 Å². The number of amides is 1. The van der Waals surface area contributed by atoms with E-state index in [-0.39, 0.29) is 46.4 Å². The summed E-state index contributed by atoms with van der Waals surface area (Å²) >= 11 is 0. The molecule has 36 heavy (non-hydrogen) atoms. The zero-order valence-corrected chi connectivity index (χ0v) is 20.5. The monoisotopic (exact) mass is 496 g/mol. The van der Waals surface area contributed by atoms with Gasteiger partial charge in [0.05, 0.1) is 37.6 Å². The van der Waals surface area contributed by atoms with Gasteiger partial charge in [-0.2, -0.15) is 0 Å². The molecule has 1 fully saturated rings. The highest BCUT2D eigenvalue weighted by molar-refractivity contribution is 6.02. The first-order chi connectivity index (χ1) is 17.4. The maximum absolute atomic E-state index is 14.2. The Kier molecular flexibility index (Phi) is 7.59. The number of benzene rings is 2. The molecule has 2 aromatic carbocycles. The summed E-state index contributed by atoms with van der Waals surface area (Å²) in [7, 11) is 2.70. The summed E-state index contributed by atoms with van der Waals surface area (Å²) in [5, 5.41) is 22.2. The van der Waals surface area contributed by atoms with E-state index < -0.39 is 23.4 Å². The summed E-state index contributed by atoms with van der Waals surface area (Å²) in [6.07, 6.45) is 0.750. The van der Waals surface area contributed by atoms with Gasteiger partial charge in [0.15, 0.2) is 0 Å². The van der Waals surface area contributed by atoms with Gasteiger partial charge in [0.2, 0.25) is 5.88 Å². The average Bonchev–Trinajstić information content (AvgIpc) is 3.38. The largest absolute Gasteiger partial charge is 0.506 e. The molecule has 0 unspecified atom stereocenters. The van der Waals surface area contributed by atoms with Gasteiger partial charge in [0.25, 0.3) is 5.91 Å². The number of aromatic nitrogens is 1. The third kappa shape index (κ3) is 4.79. The topological polar surface area (TPSA) is 101 Å². The molecule has 1 amide bonds. The molecule has 1 saturated heterocycles. The van der Waals surface area contributed by atoms with Crippen molar-refractivity contribution in [1.29, 1.82) is 0 Å². The van der Waals surface area contributed by atoms with Crippen LogP contribution < -0.4 is 9.47 Å². The first-order valence-corrected chi connectivity index (χ1v) is 11.7. The molecule has 190 valence electrons. The molecule has 1 aliphatic heterocycles. The molecule has 8 nitrogen and oxygen atoms in total. The highest BCUT2D eigenvalue weighted by Gasteiger charge is 2.34. The van der Waals surface area contributed by atoms with E-state index >= 15 is 0 Å². The van der Waals surface area contributed by atoms with Gasteiger partial charge in [0, 0.05) is 37.7 Å². The molecule has 0 bridgehead atoms. The van der Waals surface area contributed by atoms with E-state index in [4.69, 9.17) is 14.2 Å². The van der Waals surface area contributed by atoms with Crippen LogP contribution in [-0.2, 0) is 11.3 Å². The van der Waals surface area contributed by atoms with Crippen LogP contribution in [0.15, 0.2) is 42.5 Å². The maximum atomic E-state index is 14.2. The van der Waals surface area contributed by atoms with Crippen molar-refractivity contribution in [1.82, 2.24) is 9.88 Å². The fourth-order valence-electron chi connectivity index (χ4n) is 4.60. The van der Waals surface area contributed by atoms with Crippen molar-refractivity contribution in [3.63, 3.8) is 0 Å². The van der Waals surface area contributed by atoms with Crippen LogP contribution in [-0.4, -0.2) is 59.9 Å². The van der Waals surface area contributed by atoms with Gasteiger partial charge in [0.1, 0.15) is 28.6 Å². The number of hydrogen-bond acceptors (Lipinski definition) is 7. The van der Waals surface area contributed by atoms with Crippen molar-refractivity contribution < 1.29 is 33.6 Å². The van der Waals surface area contributed by atoms with Crippen molar-refractivity contribution in [2.75, 3.05) is 33.9 Å². The van der Waals surface area contributed by atoms with Gasteiger partial charge < -0.3 is 29.3 Å². The number of carbonyl (C=O) groups excluding carboxylic acids is 1. The van der Waals surface area contributed by atoms with E-state index in [0.29, 0.717) is 19.7 Å². The summed E-state index contributed by atoms with van der Waals surface area (Å²) in [6.45, 7) is 2.94. The molecule has 0 saturated carbocycles. The van der Waals surface area contributed by atoms with Gasteiger partial charge in [-0.15, -0.1) is 0 Å². The van der Waals surface area contributed by atoms with E-state index in [1.165, 1.54) is 14.2 Å². The number of methoxy groups -OCH3 is 2. The van der Waals surface area contributed by atoms with Crippen LogP contribution in [0.2, 0.25) is 0 Å². The van der Waals surface area contributed by atoms with E-state index in [9.17, 15) is 19.4 Å². The molecule has 2 heterocycles. The second kappa shape index (κ2) is 10.8. The lowest BCUT2D eigenvalue weighted by molar-refractivity contribution is 0.0783. The summed E-state index contributed by atoms with van der Waals surface area (Å²) < 4.78 is 30.4. The second-order valence-corrected chi connectivity index (χ2v) is 8.45. The third-order valence-corrected chi connectivity index (χ3v) is 6.35. The van der Waals surface area contributed by atoms with E-state index in [1.54, 1.807) is 11.8 Å². The molecule has 0 spiro atoms. The molecular formula is C27H29FN2O6. The maximum Gasteiger partial charge on any atom is 0.263 e. The number of ether oxygens (including phenoxy) is 3. The first-order valence-electron chi connectivity index (χ1n) is 11.7. The number of hydrogen-bond donors (Lipinski definition) is 2. The molecule has 3 aromatic rings. The standard InChI is InChI=1S/C27H29FN2O6/c1-4-36-15-19-22(23-20(34-2)12-18(28)13-21(23)35-3)25(31)24(26(32)29-19)27(33)30-11-10-17(14-30)16-8-6-5-7-9-16/h5-9,12-13,17H,4,10-11,14-15H2,1-3H3,(H2,29,31,32)/t17-/m0/s1. The Hall–Kier alpha value is -3.85. The fraction of sp³-hybridized carbons (Fsp3) is 0.333. The third-order valence-electron chi connectivity index (χ3n) is 6.35. The Morgan fingerprint density at radius 2 is 1.78 bits per heavy atom. The van der Waals surface area contributed by atoms with E-state index in [2.05, 4.69) is 4.98 Å². The van der Waals surface area contributed by atoms with E-state index in [0.717, 1.165) is 24.1 Å². The Balaban J connectivity index is 1.81. The lowest BCUT2D eigenvalue weighted by Crippen LogP contribution is -2.29. The Morgan fingerprint density at radius 1 is 1.11 bits per heavy atom. The highest BCUT2D eigenvalue weighted by atomic mass is 19.1. The number of halogens is 1. The van der Waals surface area contributed by atoms with Crippen LogP contribution in [0, 0.1) is 5.82 Å². The Bertz CT molecular complexity index is 1230. The molecule has 1 aliphatic rings. The number of nitrogens with zero attached hydrogens (tertiary/aromatic N) is 2. The molecule has 9 heteroatoms. The van der Waals surface area contributed by atoms with Crippen LogP contribution in [0.3, 0.4) is 0 Å². The Labute approximate surface area is 208 Å². The van der Waals surface area contributed by atoms with Crippen molar-refractivity contribution >= 4 is 5.91 Å². The smallest absolute Gasteiger partial charge is 0.263 e. The molecule has 1 aromatic heterocycles. The number of rotatable bonds is 8. The quantitative estimate of drug-likeness (QED) is 0.474. The molecular weight excluding hydrogens is 467 g/mol. The van der Waals surface area contributed by atoms with Gasteiger partial charge in [-0.3, -0.25) is 4.79 Å². The van der Waals surface area contributed by atoms with Crippen LogP contribution in [0.1, 0.15) is 40.9 Å². The molecule has 1 atom stereocenters. The summed E-state index contributed by atoms with van der Waals surface area (Å²) in [4.78, 5) is 19.3. The average molecular weight is 497 g/mol. The van der Waals surface area contributed by atoms with Crippen LogP contribution in [0.5, 0.6) is 23.1 Å². The molecule has 0 aliphatic carbocycles. The highest BCUT2D eigenvalue weighted by Crippen LogP contribution is 2.48. The fourth-order valence-corrected chi connectivity index (χ4v) is 4.60. The predicted octanol–water partition coefficient (Wildman–Crippen LogP) is 4.48. The van der Waals surface area contributed by atoms with Crippen LogP contribution in [0.4, 0.5) is 4.39 Å². The zero-order valence-electron chi connectivity index (χ0n) is 20.5. The van der Waals surface area contributed by atoms with Gasteiger partial charge in [-0.05, 0) is 18.9 Å². The van der Waals surface area contributed by atoms with E-state index in [1.807, 2.05) is 30.3 Å². The number of likely N-dealkylation sites (tertiary alicyclic amines) is 1. The normalized spacial score (nSPS) is 15.2. The molecule has 0 radical (unpaired) electrons. The predicted molar refractivity (Wildman–Crippen MR) is 131 cm³/mol. The number of pyridine rings is 1. The number of carbonyl (C=O) groups is 1. The zero-order chi connectivity index (χ0) is 25.8. The van der Waals surface area contributed by atoms with Crippen LogP contribution >= 0.6 is 0 Å². The van der Waals surface area contributed by atoms with Gasteiger partial charge in [-0.1, -0.05) is 30.3 Å². The lowest BCUT2D eigenvalue weighted by atomic mass is 9.97. The first kappa shape index (κ1) is 25.2. The lowest BCUT2D eigenvalue weighted by Gasteiger charge is -2.22. The summed E-state index contributed by atoms with van der Waals surface area (Å²) in [5.41, 5.74) is 1.19. The van der Waals surface area contributed by atoms with Crippen molar-refractivity contribution in [2.24, 2.45) is 0 Å². The number of aromatic hydroxyl groups is 2. The minimum absolute atomic E-state index is 0.0658. The molecule has 2 N–H and O–H groups in total. The summed E-state index contributed by atoms with van der Waals surface area (Å²) in [5.74, 6) is -2.01. The van der Waals surface area contributed by atoms with Gasteiger partial charge in [-0.25, -0.2) is 9.37 Å². The van der Waals surface area contributed by atoms with Crippen molar-refractivity contribution in [3.05, 3.63) is 65.1 Å². The SMILES string of the molecule is CCOCc1nc(O)c(C(=O)N2CC[C@H](c3ccccc3)C2)c(O)c1-c1c(OC)cc(F)cc1OC. The molecule has 4 rings (SSSR count). The summed E-state index contributed by atoms with van der Waals surface area (Å²) in [6, 6.07) is 12.2. The Morgan fingerprint density at radius 3 is 2.39 bits per heavy atom.